The summed E-state index contributed by atoms with van der Waals surface area (Å²) in [5, 5.41) is 25.5. The van der Waals surface area contributed by atoms with Crippen LogP contribution in [0.5, 0.6) is 5.75 Å². The summed E-state index contributed by atoms with van der Waals surface area (Å²) in [5.41, 5.74) is -0.0323. The molecule has 0 amide bonds. The maximum Gasteiger partial charge on any atom is 0.314 e. The lowest BCUT2D eigenvalue weighted by Crippen LogP contribution is -2.13. The fourth-order valence-corrected chi connectivity index (χ4v) is 3.68. The van der Waals surface area contributed by atoms with Crippen LogP contribution in [0.25, 0.3) is 11.0 Å². The third kappa shape index (κ3) is 3.02. The highest BCUT2D eigenvalue weighted by Gasteiger charge is 2.24. The predicted octanol–water partition coefficient (Wildman–Crippen LogP) is 2.34. The molecule has 0 atom stereocenters. The Bertz CT molecular complexity index is 1160. The first-order valence-corrected chi connectivity index (χ1v) is 8.95. The first kappa shape index (κ1) is 17.9. The molecule has 0 bridgehead atoms. The SMILES string of the molecule is Cc1nn(C)c2ncc(S(=O)(=O)Nc3cc(Cl)cc([N+](=O)[O-])c3O)cc12. The van der Waals surface area contributed by atoms with Gasteiger partial charge in [0.1, 0.15) is 4.90 Å². The zero-order valence-corrected chi connectivity index (χ0v) is 15.0. The normalized spacial score (nSPS) is 11.7. The van der Waals surface area contributed by atoms with Gasteiger partial charge in [-0.1, -0.05) is 11.6 Å². The molecule has 3 aromatic rings. The Morgan fingerprint density at radius 1 is 1.35 bits per heavy atom. The van der Waals surface area contributed by atoms with Crippen molar-refractivity contribution in [2.24, 2.45) is 7.05 Å². The highest BCUT2D eigenvalue weighted by molar-refractivity contribution is 7.92. The van der Waals surface area contributed by atoms with E-state index < -0.39 is 32.1 Å². The molecule has 0 saturated heterocycles. The van der Waals surface area contributed by atoms with E-state index in [2.05, 4.69) is 14.8 Å². The second-order valence-corrected chi connectivity index (χ2v) is 7.55. The van der Waals surface area contributed by atoms with Crippen molar-refractivity contribution >= 4 is 44.0 Å². The van der Waals surface area contributed by atoms with Gasteiger partial charge >= 0.3 is 5.69 Å². The van der Waals surface area contributed by atoms with Crippen LogP contribution in [0.2, 0.25) is 5.02 Å². The van der Waals surface area contributed by atoms with E-state index >= 15 is 0 Å². The van der Waals surface area contributed by atoms with E-state index in [9.17, 15) is 23.6 Å². The topological polar surface area (TPSA) is 140 Å². The number of hydrogen-bond donors (Lipinski definition) is 2. The second kappa shape index (κ2) is 6.11. The van der Waals surface area contributed by atoms with Crippen LogP contribution in [0.15, 0.2) is 29.3 Å². The van der Waals surface area contributed by atoms with Gasteiger partial charge in [-0.05, 0) is 19.1 Å². The van der Waals surface area contributed by atoms with Crippen LogP contribution in [0.1, 0.15) is 5.69 Å². The van der Waals surface area contributed by atoms with E-state index in [0.717, 1.165) is 18.3 Å². The second-order valence-electron chi connectivity index (χ2n) is 5.43. The molecule has 10 nitrogen and oxygen atoms in total. The number of aryl methyl sites for hydroxylation is 2. The van der Waals surface area contributed by atoms with E-state index in [0.29, 0.717) is 16.7 Å². The van der Waals surface area contributed by atoms with Crippen LogP contribution in [0, 0.1) is 17.0 Å². The predicted molar refractivity (Wildman–Crippen MR) is 93.8 cm³/mol. The standard InChI is InChI=1S/C14H12ClN5O5S/c1-7-10-5-9(6-16-14(10)19(2)17-7)26(24,25)18-11-3-8(15)4-12(13(11)21)20(22)23/h3-6,18,21H,1-2H3. The minimum absolute atomic E-state index is 0.108. The van der Waals surface area contributed by atoms with Crippen LogP contribution in [0.3, 0.4) is 0 Å². The maximum absolute atomic E-state index is 12.6. The number of hydrogen-bond acceptors (Lipinski definition) is 7. The molecule has 0 spiro atoms. The number of rotatable bonds is 4. The zero-order valence-electron chi connectivity index (χ0n) is 13.5. The number of nitrogens with zero attached hydrogens (tertiary/aromatic N) is 4. The number of benzene rings is 1. The molecular formula is C14H12ClN5O5S. The molecule has 0 aliphatic carbocycles. The average molecular weight is 398 g/mol. The van der Waals surface area contributed by atoms with Crippen molar-refractivity contribution in [2.75, 3.05) is 4.72 Å². The molecule has 3 rings (SSSR count). The van der Waals surface area contributed by atoms with Crippen LogP contribution in [0.4, 0.5) is 11.4 Å². The molecule has 2 N–H and O–H groups in total. The van der Waals surface area contributed by atoms with Crippen LogP contribution < -0.4 is 4.72 Å². The number of anilines is 1. The van der Waals surface area contributed by atoms with E-state index in [4.69, 9.17) is 11.6 Å². The van der Waals surface area contributed by atoms with E-state index in [1.165, 1.54) is 10.7 Å². The number of aromatic hydroxyl groups is 1. The molecule has 0 radical (unpaired) electrons. The molecule has 0 aliphatic heterocycles. The lowest BCUT2D eigenvalue weighted by molar-refractivity contribution is -0.385. The van der Waals surface area contributed by atoms with Crippen molar-refractivity contribution in [1.82, 2.24) is 14.8 Å². The first-order chi connectivity index (χ1) is 12.1. The van der Waals surface area contributed by atoms with E-state index in [-0.39, 0.29) is 9.92 Å². The molecule has 2 aromatic heterocycles. The lowest BCUT2D eigenvalue weighted by Gasteiger charge is -2.10. The van der Waals surface area contributed by atoms with Gasteiger partial charge in [-0.25, -0.2) is 13.4 Å². The van der Waals surface area contributed by atoms with Crippen molar-refractivity contribution in [3.63, 3.8) is 0 Å². The average Bonchev–Trinajstić information content (AvgIpc) is 2.84. The molecule has 136 valence electrons. The summed E-state index contributed by atoms with van der Waals surface area (Å²) in [6.07, 6.45) is 1.13. The number of phenolic OH excluding ortho intramolecular Hbond substituents is 1. The lowest BCUT2D eigenvalue weighted by atomic mass is 10.2. The van der Waals surface area contributed by atoms with Crippen molar-refractivity contribution in [1.29, 1.82) is 0 Å². The number of fused-ring (bicyclic) bond motifs is 1. The molecule has 0 fully saturated rings. The van der Waals surface area contributed by atoms with Crippen LogP contribution in [-0.4, -0.2) is 33.2 Å². The molecule has 2 heterocycles. The van der Waals surface area contributed by atoms with Gasteiger partial charge in [0.2, 0.25) is 5.75 Å². The number of phenols is 1. The molecule has 0 saturated carbocycles. The number of sulfonamides is 1. The Balaban J connectivity index is 2.08. The number of nitrogens with one attached hydrogen (secondary N) is 1. The summed E-state index contributed by atoms with van der Waals surface area (Å²) in [5.74, 6) is -0.838. The zero-order chi connectivity index (χ0) is 19.2. The number of nitro benzene ring substituents is 1. The minimum atomic E-state index is -4.18. The van der Waals surface area contributed by atoms with Gasteiger partial charge in [0.05, 0.1) is 16.3 Å². The maximum atomic E-state index is 12.6. The summed E-state index contributed by atoms with van der Waals surface area (Å²) in [6.45, 7) is 1.71. The van der Waals surface area contributed by atoms with Gasteiger partial charge in [-0.15, -0.1) is 0 Å². The summed E-state index contributed by atoms with van der Waals surface area (Å²) >= 11 is 5.77. The Kier molecular flexibility index (Phi) is 4.20. The largest absolute Gasteiger partial charge is 0.501 e. The Labute approximate surface area is 152 Å². The molecule has 12 heteroatoms. The molecule has 0 aliphatic rings. The summed E-state index contributed by atoms with van der Waals surface area (Å²) < 4.78 is 28.8. The minimum Gasteiger partial charge on any atom is -0.501 e. The van der Waals surface area contributed by atoms with Crippen molar-refractivity contribution in [3.8, 4) is 5.75 Å². The number of pyridine rings is 1. The van der Waals surface area contributed by atoms with Gasteiger partial charge in [0.25, 0.3) is 10.0 Å². The third-order valence-corrected chi connectivity index (χ3v) is 5.19. The van der Waals surface area contributed by atoms with Gasteiger partial charge in [-0.2, -0.15) is 5.10 Å². The molecular weight excluding hydrogens is 386 g/mol. The first-order valence-electron chi connectivity index (χ1n) is 7.09. The molecule has 1 aromatic carbocycles. The van der Waals surface area contributed by atoms with E-state index in [1.54, 1.807) is 14.0 Å². The third-order valence-electron chi connectivity index (χ3n) is 3.64. The van der Waals surface area contributed by atoms with Crippen molar-refractivity contribution in [3.05, 3.63) is 45.2 Å². The van der Waals surface area contributed by atoms with Gasteiger partial charge < -0.3 is 5.11 Å². The monoisotopic (exact) mass is 397 g/mol. The fourth-order valence-electron chi connectivity index (χ4n) is 2.44. The Hall–Kier alpha value is -2.92. The Morgan fingerprint density at radius 2 is 2.04 bits per heavy atom. The van der Waals surface area contributed by atoms with Crippen molar-refractivity contribution in [2.45, 2.75) is 11.8 Å². The van der Waals surface area contributed by atoms with Gasteiger partial charge in [0.15, 0.2) is 5.65 Å². The van der Waals surface area contributed by atoms with Crippen LogP contribution in [-0.2, 0) is 17.1 Å². The highest BCUT2D eigenvalue weighted by atomic mass is 35.5. The summed E-state index contributed by atoms with van der Waals surface area (Å²) in [6, 6.07) is 3.37. The Morgan fingerprint density at radius 3 is 2.69 bits per heavy atom. The number of halogens is 1. The quantitative estimate of drug-likeness (QED) is 0.391. The fraction of sp³-hybridized carbons (Fsp3) is 0.143. The number of nitro groups is 1. The van der Waals surface area contributed by atoms with Gasteiger partial charge in [0, 0.05) is 29.7 Å². The molecule has 0 unspecified atom stereocenters. The van der Waals surface area contributed by atoms with Crippen molar-refractivity contribution < 1.29 is 18.4 Å². The highest BCUT2D eigenvalue weighted by Crippen LogP contribution is 2.38. The smallest absolute Gasteiger partial charge is 0.314 e. The van der Waals surface area contributed by atoms with Crippen LogP contribution >= 0.6 is 11.6 Å². The summed E-state index contributed by atoms with van der Waals surface area (Å²) in [4.78, 5) is 14.0. The number of aromatic nitrogens is 3. The molecule has 26 heavy (non-hydrogen) atoms. The van der Waals surface area contributed by atoms with Gasteiger partial charge in [-0.3, -0.25) is 19.5 Å². The summed E-state index contributed by atoms with van der Waals surface area (Å²) in [7, 11) is -2.51. The van der Waals surface area contributed by atoms with E-state index in [1.807, 2.05) is 0 Å².